The maximum absolute atomic E-state index is 12.6. The molecule has 1 aliphatic carbocycles. The minimum Gasteiger partial charge on any atom is -0.497 e. The third kappa shape index (κ3) is 4.52. The summed E-state index contributed by atoms with van der Waals surface area (Å²) in [6, 6.07) is 18.5. The van der Waals surface area contributed by atoms with Gasteiger partial charge in [-0.1, -0.05) is 30.3 Å². The van der Waals surface area contributed by atoms with Crippen LogP contribution in [0.5, 0.6) is 5.75 Å². The minimum absolute atomic E-state index is 0.220. The predicted octanol–water partition coefficient (Wildman–Crippen LogP) is 3.98. The van der Waals surface area contributed by atoms with Gasteiger partial charge in [0.25, 0.3) is 0 Å². The predicted molar refractivity (Wildman–Crippen MR) is 93.7 cm³/mol. The normalized spacial score (nSPS) is 13.6. The number of carbonyl (C=O) groups excluding carboxylic acids is 1. The van der Waals surface area contributed by atoms with Crippen molar-refractivity contribution in [3.05, 3.63) is 60.2 Å². The summed E-state index contributed by atoms with van der Waals surface area (Å²) in [6.45, 7) is 0.716. The van der Waals surface area contributed by atoms with Gasteiger partial charge in [-0.05, 0) is 42.7 Å². The quantitative estimate of drug-likeness (QED) is 0.721. The Morgan fingerprint density at radius 2 is 1.83 bits per heavy atom. The minimum atomic E-state index is 0.220. The van der Waals surface area contributed by atoms with Crippen LogP contribution in [0.4, 0.5) is 0 Å². The van der Waals surface area contributed by atoms with Crippen LogP contribution in [0.25, 0.3) is 0 Å². The Kier molecular flexibility index (Phi) is 5.23. The molecule has 0 aromatic heterocycles. The van der Waals surface area contributed by atoms with Crippen molar-refractivity contribution in [1.29, 1.82) is 0 Å². The molecule has 1 saturated carbocycles. The average Bonchev–Trinajstić information content (AvgIpc) is 3.44. The Labute approximate surface area is 141 Å². The highest BCUT2D eigenvalue weighted by molar-refractivity contribution is 8.00. The molecule has 3 rings (SSSR count). The van der Waals surface area contributed by atoms with Crippen LogP contribution in [0.2, 0.25) is 0 Å². The molecule has 0 heterocycles. The van der Waals surface area contributed by atoms with Gasteiger partial charge in [-0.2, -0.15) is 0 Å². The Bertz CT molecular complexity index is 638. The molecule has 0 bridgehead atoms. The molecule has 1 amide bonds. The van der Waals surface area contributed by atoms with E-state index in [-0.39, 0.29) is 5.91 Å². The number of hydrogen-bond donors (Lipinski definition) is 0. The van der Waals surface area contributed by atoms with Crippen LogP contribution in [0.15, 0.2) is 59.5 Å². The van der Waals surface area contributed by atoms with E-state index < -0.39 is 0 Å². The molecule has 0 radical (unpaired) electrons. The molecule has 3 nitrogen and oxygen atoms in total. The number of carbonyl (C=O) groups is 1. The van der Waals surface area contributed by atoms with Crippen molar-refractivity contribution in [2.24, 2.45) is 0 Å². The SMILES string of the molecule is COc1ccc(SCC(=O)N(Cc2ccccc2)C2CC2)cc1. The number of amides is 1. The fourth-order valence-corrected chi connectivity index (χ4v) is 3.27. The molecule has 0 spiro atoms. The highest BCUT2D eigenvalue weighted by Gasteiger charge is 2.32. The molecule has 23 heavy (non-hydrogen) atoms. The number of nitrogens with zero attached hydrogens (tertiary/aromatic N) is 1. The zero-order chi connectivity index (χ0) is 16.1. The van der Waals surface area contributed by atoms with E-state index in [0.717, 1.165) is 23.5 Å². The van der Waals surface area contributed by atoms with Crippen molar-refractivity contribution in [3.63, 3.8) is 0 Å². The maximum atomic E-state index is 12.6. The molecule has 0 saturated heterocycles. The molecule has 0 N–H and O–H groups in total. The molecular weight excluding hydrogens is 306 g/mol. The first-order valence-corrected chi connectivity index (χ1v) is 8.85. The summed E-state index contributed by atoms with van der Waals surface area (Å²) >= 11 is 1.59. The van der Waals surface area contributed by atoms with Crippen LogP contribution in [0, 0.1) is 0 Å². The Morgan fingerprint density at radius 1 is 1.13 bits per heavy atom. The standard InChI is InChI=1S/C19H21NO2S/c1-22-17-9-11-18(12-10-17)23-14-19(21)20(16-7-8-16)13-15-5-3-2-4-6-15/h2-6,9-12,16H,7-8,13-14H2,1H3. The summed E-state index contributed by atoms with van der Waals surface area (Å²) in [5.41, 5.74) is 1.20. The molecule has 2 aromatic rings. The van der Waals surface area contributed by atoms with Crippen molar-refractivity contribution >= 4 is 17.7 Å². The average molecular weight is 327 g/mol. The number of benzene rings is 2. The molecule has 1 fully saturated rings. The van der Waals surface area contributed by atoms with E-state index in [0.29, 0.717) is 18.3 Å². The zero-order valence-corrected chi connectivity index (χ0v) is 14.1. The van der Waals surface area contributed by atoms with E-state index in [9.17, 15) is 4.79 Å². The van der Waals surface area contributed by atoms with Gasteiger partial charge in [0.1, 0.15) is 5.75 Å². The van der Waals surface area contributed by atoms with Gasteiger partial charge in [0.2, 0.25) is 5.91 Å². The van der Waals surface area contributed by atoms with Crippen LogP contribution in [-0.4, -0.2) is 29.7 Å². The smallest absolute Gasteiger partial charge is 0.233 e. The van der Waals surface area contributed by atoms with Gasteiger partial charge in [-0.25, -0.2) is 0 Å². The third-order valence-corrected chi connectivity index (χ3v) is 4.92. The maximum Gasteiger partial charge on any atom is 0.233 e. The summed E-state index contributed by atoms with van der Waals surface area (Å²) in [5.74, 6) is 1.54. The molecule has 120 valence electrons. The van der Waals surface area contributed by atoms with Crippen molar-refractivity contribution < 1.29 is 9.53 Å². The van der Waals surface area contributed by atoms with Crippen molar-refractivity contribution in [2.45, 2.75) is 30.3 Å². The number of hydrogen-bond acceptors (Lipinski definition) is 3. The summed E-state index contributed by atoms with van der Waals surface area (Å²) in [5, 5.41) is 0. The first-order valence-electron chi connectivity index (χ1n) is 7.86. The van der Waals surface area contributed by atoms with Crippen LogP contribution >= 0.6 is 11.8 Å². The topological polar surface area (TPSA) is 29.5 Å². The van der Waals surface area contributed by atoms with E-state index in [1.165, 1.54) is 5.56 Å². The van der Waals surface area contributed by atoms with Crippen LogP contribution < -0.4 is 4.74 Å². The van der Waals surface area contributed by atoms with Gasteiger partial charge in [-0.15, -0.1) is 11.8 Å². The molecular formula is C19H21NO2S. The third-order valence-electron chi connectivity index (χ3n) is 3.93. The van der Waals surface area contributed by atoms with Crippen molar-refractivity contribution in [3.8, 4) is 5.75 Å². The number of ether oxygens (including phenoxy) is 1. The highest BCUT2D eigenvalue weighted by atomic mass is 32.2. The lowest BCUT2D eigenvalue weighted by Crippen LogP contribution is -2.33. The second-order valence-electron chi connectivity index (χ2n) is 5.70. The lowest BCUT2D eigenvalue weighted by molar-refractivity contribution is -0.129. The van der Waals surface area contributed by atoms with Gasteiger partial charge < -0.3 is 9.64 Å². The second-order valence-corrected chi connectivity index (χ2v) is 6.75. The Morgan fingerprint density at radius 3 is 2.43 bits per heavy atom. The lowest BCUT2D eigenvalue weighted by atomic mass is 10.2. The van der Waals surface area contributed by atoms with Gasteiger partial charge in [0.05, 0.1) is 12.9 Å². The molecule has 0 unspecified atom stereocenters. The summed E-state index contributed by atoms with van der Waals surface area (Å²) < 4.78 is 5.15. The molecule has 0 aliphatic heterocycles. The number of rotatable bonds is 7. The van der Waals surface area contributed by atoms with Crippen LogP contribution in [0.1, 0.15) is 18.4 Å². The molecule has 4 heteroatoms. The van der Waals surface area contributed by atoms with Crippen molar-refractivity contribution in [1.82, 2.24) is 4.90 Å². The molecule has 2 aromatic carbocycles. The van der Waals surface area contributed by atoms with Gasteiger partial charge in [0.15, 0.2) is 0 Å². The first-order chi connectivity index (χ1) is 11.3. The monoisotopic (exact) mass is 327 g/mol. The second kappa shape index (κ2) is 7.55. The molecule has 1 aliphatic rings. The Balaban J connectivity index is 1.58. The van der Waals surface area contributed by atoms with E-state index >= 15 is 0 Å². The summed E-state index contributed by atoms with van der Waals surface area (Å²) in [4.78, 5) is 15.7. The van der Waals surface area contributed by atoms with E-state index in [1.54, 1.807) is 18.9 Å². The fourth-order valence-electron chi connectivity index (χ4n) is 2.49. The van der Waals surface area contributed by atoms with Gasteiger partial charge in [-0.3, -0.25) is 4.79 Å². The van der Waals surface area contributed by atoms with E-state index in [1.807, 2.05) is 47.4 Å². The fraction of sp³-hybridized carbons (Fsp3) is 0.316. The Hall–Kier alpha value is -1.94. The van der Waals surface area contributed by atoms with E-state index in [4.69, 9.17) is 4.74 Å². The summed E-state index contributed by atoms with van der Waals surface area (Å²) in [6.07, 6.45) is 2.26. The van der Waals surface area contributed by atoms with Crippen LogP contribution in [0.3, 0.4) is 0 Å². The summed E-state index contributed by atoms with van der Waals surface area (Å²) in [7, 11) is 1.66. The number of thioether (sulfide) groups is 1. The first kappa shape index (κ1) is 15.9. The van der Waals surface area contributed by atoms with Crippen molar-refractivity contribution in [2.75, 3.05) is 12.9 Å². The lowest BCUT2D eigenvalue weighted by Gasteiger charge is -2.22. The zero-order valence-electron chi connectivity index (χ0n) is 13.3. The van der Waals surface area contributed by atoms with E-state index in [2.05, 4.69) is 12.1 Å². The highest BCUT2D eigenvalue weighted by Crippen LogP contribution is 2.30. The van der Waals surface area contributed by atoms with Gasteiger partial charge in [0, 0.05) is 17.5 Å². The molecule has 0 atom stereocenters. The number of methoxy groups -OCH3 is 1. The van der Waals surface area contributed by atoms with Gasteiger partial charge >= 0.3 is 0 Å². The largest absolute Gasteiger partial charge is 0.497 e. The van der Waals surface area contributed by atoms with Crippen LogP contribution in [-0.2, 0) is 11.3 Å².